The van der Waals surface area contributed by atoms with Crippen LogP contribution < -0.4 is 11.1 Å². The van der Waals surface area contributed by atoms with E-state index in [2.05, 4.69) is 15.4 Å². The van der Waals surface area contributed by atoms with Gasteiger partial charge in [-0.05, 0) is 12.1 Å². The van der Waals surface area contributed by atoms with Crippen LogP contribution in [0.25, 0.3) is 10.9 Å². The van der Waals surface area contributed by atoms with Crippen LogP contribution in [0.15, 0.2) is 29.1 Å². The van der Waals surface area contributed by atoms with Crippen LogP contribution in [0.2, 0.25) is 0 Å². The molecule has 2 rings (SSSR count). The predicted molar refractivity (Wildman–Crippen MR) is 69.3 cm³/mol. The van der Waals surface area contributed by atoms with Crippen LogP contribution in [-0.4, -0.2) is 34.4 Å². The lowest BCUT2D eigenvalue weighted by Gasteiger charge is -2.17. The number of aromatic nitrogens is 2. The van der Waals surface area contributed by atoms with Gasteiger partial charge in [-0.15, -0.1) is 11.6 Å². The fourth-order valence-electron chi connectivity index (χ4n) is 1.55. The molecule has 0 fully saturated rings. The molecule has 0 unspecified atom stereocenters. The van der Waals surface area contributed by atoms with Gasteiger partial charge in [-0.1, -0.05) is 12.1 Å². The summed E-state index contributed by atoms with van der Waals surface area (Å²) in [4.78, 5) is 18.0. The van der Waals surface area contributed by atoms with Crippen molar-refractivity contribution in [3.05, 3.63) is 34.7 Å². The van der Waals surface area contributed by atoms with Gasteiger partial charge in [-0.2, -0.15) is 4.98 Å². The summed E-state index contributed by atoms with van der Waals surface area (Å²) in [6, 6.07) is 7.50. The molecule has 0 bridgehead atoms. The van der Waals surface area contributed by atoms with Gasteiger partial charge >= 0.3 is 5.69 Å². The van der Waals surface area contributed by atoms with Crippen LogP contribution in [0.3, 0.4) is 0 Å². The third-order valence-electron chi connectivity index (χ3n) is 2.35. The Kier molecular flexibility index (Phi) is 3.61. The SMILES string of the molecule is CN(CCCl)Nc1nc(=O)[nH]c2ccccc12. The zero-order chi connectivity index (χ0) is 12.3. The number of nitrogens with zero attached hydrogens (tertiary/aromatic N) is 2. The second-order valence-electron chi connectivity index (χ2n) is 3.66. The van der Waals surface area contributed by atoms with E-state index in [0.29, 0.717) is 18.2 Å². The molecule has 0 spiro atoms. The number of nitrogens with one attached hydrogen (secondary N) is 2. The number of anilines is 1. The Morgan fingerprint density at radius 2 is 2.24 bits per heavy atom. The number of benzene rings is 1. The van der Waals surface area contributed by atoms with E-state index in [1.165, 1.54) is 0 Å². The number of hydrazine groups is 1. The molecule has 2 N–H and O–H groups in total. The molecule has 0 atom stereocenters. The number of hydrogen-bond donors (Lipinski definition) is 2. The lowest BCUT2D eigenvalue weighted by molar-refractivity contribution is 0.426. The smallest absolute Gasteiger partial charge is 0.305 e. The first-order valence-electron chi connectivity index (χ1n) is 5.23. The van der Waals surface area contributed by atoms with Crippen molar-refractivity contribution in [1.29, 1.82) is 0 Å². The summed E-state index contributed by atoms with van der Waals surface area (Å²) in [5.41, 5.74) is 3.43. The van der Waals surface area contributed by atoms with Crippen molar-refractivity contribution in [2.75, 3.05) is 24.9 Å². The van der Waals surface area contributed by atoms with E-state index in [1.54, 1.807) is 5.01 Å². The molecule has 0 aliphatic carbocycles. The lowest BCUT2D eigenvalue weighted by atomic mass is 10.2. The van der Waals surface area contributed by atoms with Gasteiger partial charge in [-0.3, -0.25) is 0 Å². The van der Waals surface area contributed by atoms with Crippen molar-refractivity contribution in [1.82, 2.24) is 15.0 Å². The van der Waals surface area contributed by atoms with Crippen molar-refractivity contribution in [2.24, 2.45) is 0 Å². The molecule has 0 amide bonds. The second-order valence-corrected chi connectivity index (χ2v) is 4.04. The number of halogens is 1. The van der Waals surface area contributed by atoms with Crippen molar-refractivity contribution in [3.8, 4) is 0 Å². The fraction of sp³-hybridized carbons (Fsp3) is 0.273. The third kappa shape index (κ3) is 2.75. The summed E-state index contributed by atoms with van der Waals surface area (Å²) in [6.07, 6.45) is 0. The van der Waals surface area contributed by atoms with Crippen molar-refractivity contribution in [3.63, 3.8) is 0 Å². The van der Waals surface area contributed by atoms with Gasteiger partial charge in [0.15, 0.2) is 5.82 Å². The molecular weight excluding hydrogens is 240 g/mol. The van der Waals surface area contributed by atoms with Crippen molar-refractivity contribution >= 4 is 28.3 Å². The number of para-hydroxylation sites is 1. The number of H-pyrrole nitrogens is 1. The first kappa shape index (κ1) is 11.9. The average molecular weight is 253 g/mol. The van der Waals surface area contributed by atoms with Crippen LogP contribution in [0.5, 0.6) is 0 Å². The summed E-state index contributed by atoms with van der Waals surface area (Å²) in [5.74, 6) is 1.04. The topological polar surface area (TPSA) is 61.0 Å². The quantitative estimate of drug-likeness (QED) is 0.638. The van der Waals surface area contributed by atoms with E-state index in [-0.39, 0.29) is 5.69 Å². The van der Waals surface area contributed by atoms with E-state index in [4.69, 9.17) is 11.6 Å². The zero-order valence-electron chi connectivity index (χ0n) is 9.40. The highest BCUT2D eigenvalue weighted by atomic mass is 35.5. The molecule has 90 valence electrons. The largest absolute Gasteiger partial charge is 0.347 e. The Bertz CT molecular complexity index is 569. The van der Waals surface area contributed by atoms with Crippen LogP contribution in [0, 0.1) is 0 Å². The van der Waals surface area contributed by atoms with Gasteiger partial charge in [0, 0.05) is 24.9 Å². The van der Waals surface area contributed by atoms with Gasteiger partial charge in [0.25, 0.3) is 0 Å². The zero-order valence-corrected chi connectivity index (χ0v) is 10.2. The maximum Gasteiger partial charge on any atom is 0.347 e. The molecule has 0 saturated carbocycles. The molecule has 2 aromatic rings. The predicted octanol–water partition coefficient (Wildman–Crippen LogP) is 1.42. The summed E-state index contributed by atoms with van der Waals surface area (Å²) >= 11 is 5.64. The van der Waals surface area contributed by atoms with Crippen LogP contribution in [0.1, 0.15) is 0 Å². The molecule has 1 aromatic carbocycles. The molecule has 6 heteroatoms. The molecule has 5 nitrogen and oxygen atoms in total. The minimum atomic E-state index is -0.370. The maximum atomic E-state index is 11.4. The number of rotatable bonds is 4. The highest BCUT2D eigenvalue weighted by molar-refractivity contribution is 6.18. The summed E-state index contributed by atoms with van der Waals surface area (Å²) in [5, 5.41) is 2.66. The van der Waals surface area contributed by atoms with E-state index in [1.807, 2.05) is 31.3 Å². The summed E-state index contributed by atoms with van der Waals surface area (Å²) in [6.45, 7) is 0.657. The Labute approximate surface area is 103 Å². The average Bonchev–Trinajstić information content (AvgIpc) is 2.29. The first-order valence-corrected chi connectivity index (χ1v) is 5.77. The highest BCUT2D eigenvalue weighted by Gasteiger charge is 2.05. The number of fused-ring (bicyclic) bond motifs is 1. The van der Waals surface area contributed by atoms with E-state index >= 15 is 0 Å². The highest BCUT2D eigenvalue weighted by Crippen LogP contribution is 2.17. The van der Waals surface area contributed by atoms with Gasteiger partial charge in [0.1, 0.15) is 0 Å². The minimum Gasteiger partial charge on any atom is -0.305 e. The fourth-order valence-corrected chi connectivity index (χ4v) is 1.81. The van der Waals surface area contributed by atoms with Gasteiger partial charge in [0.05, 0.1) is 5.52 Å². The normalized spacial score (nSPS) is 11.0. The molecule has 17 heavy (non-hydrogen) atoms. The minimum absolute atomic E-state index is 0.370. The van der Waals surface area contributed by atoms with Gasteiger partial charge < -0.3 is 10.4 Å². The number of alkyl halides is 1. The molecule has 1 aromatic heterocycles. The molecule has 1 heterocycles. The molecular formula is C11H13ClN4O. The first-order chi connectivity index (χ1) is 8.20. The molecule has 0 aliphatic rings. The van der Waals surface area contributed by atoms with Gasteiger partial charge in [0.2, 0.25) is 0 Å². The van der Waals surface area contributed by atoms with Crippen LogP contribution >= 0.6 is 11.6 Å². The summed E-state index contributed by atoms with van der Waals surface area (Å²) in [7, 11) is 1.85. The Morgan fingerprint density at radius 3 is 3.00 bits per heavy atom. The van der Waals surface area contributed by atoms with Gasteiger partial charge in [-0.25, -0.2) is 9.80 Å². The Morgan fingerprint density at radius 1 is 1.47 bits per heavy atom. The molecule has 0 saturated heterocycles. The summed E-state index contributed by atoms with van der Waals surface area (Å²) < 4.78 is 0. The third-order valence-corrected chi connectivity index (χ3v) is 2.52. The lowest BCUT2D eigenvalue weighted by Crippen LogP contribution is -2.29. The second kappa shape index (κ2) is 5.16. The Hall–Kier alpha value is -1.59. The van der Waals surface area contributed by atoms with Crippen LogP contribution in [-0.2, 0) is 0 Å². The molecule has 0 aliphatic heterocycles. The van der Waals surface area contributed by atoms with Crippen LogP contribution in [0.4, 0.5) is 5.82 Å². The van der Waals surface area contributed by atoms with Crippen molar-refractivity contribution < 1.29 is 0 Å². The van der Waals surface area contributed by atoms with E-state index < -0.39 is 0 Å². The van der Waals surface area contributed by atoms with E-state index in [0.717, 1.165) is 10.9 Å². The van der Waals surface area contributed by atoms with E-state index in [9.17, 15) is 4.79 Å². The maximum absolute atomic E-state index is 11.4. The Balaban J connectivity index is 2.42. The standard InChI is InChI=1S/C11H13ClN4O/c1-16(7-6-12)15-10-8-4-2-3-5-9(8)13-11(17)14-10/h2-5H,6-7H2,1H3,(H2,13,14,15,17). The number of aromatic amines is 1. The number of hydrogen-bond acceptors (Lipinski definition) is 4. The monoisotopic (exact) mass is 252 g/mol. The molecule has 0 radical (unpaired) electrons. The van der Waals surface area contributed by atoms with Crippen molar-refractivity contribution in [2.45, 2.75) is 0 Å².